The van der Waals surface area contributed by atoms with Gasteiger partial charge in [-0.2, -0.15) is 12.6 Å². The lowest BCUT2D eigenvalue weighted by Gasteiger charge is -2.17. The number of nitrogens with two attached hydrogens (primary N) is 1. The number of thiol groups is 1. The summed E-state index contributed by atoms with van der Waals surface area (Å²) < 4.78 is 0. The molecule has 1 unspecified atom stereocenters. The summed E-state index contributed by atoms with van der Waals surface area (Å²) >= 11 is 4.25. The first-order valence-corrected chi connectivity index (χ1v) is 6.02. The molecule has 0 aliphatic carbocycles. The molecule has 1 heterocycles. The van der Waals surface area contributed by atoms with Crippen LogP contribution in [0.3, 0.4) is 0 Å². The second-order valence-electron chi connectivity index (χ2n) is 4.30. The molecule has 0 bridgehead atoms. The van der Waals surface area contributed by atoms with Crippen molar-refractivity contribution in [1.82, 2.24) is 0 Å². The zero-order valence-electron chi connectivity index (χ0n) is 9.31. The van der Waals surface area contributed by atoms with Crippen molar-refractivity contribution in [3.05, 3.63) is 23.8 Å². The Kier molecular flexibility index (Phi) is 3.10. The fourth-order valence-corrected chi connectivity index (χ4v) is 2.23. The summed E-state index contributed by atoms with van der Waals surface area (Å²) in [7, 11) is 0. The van der Waals surface area contributed by atoms with Gasteiger partial charge in [-0.25, -0.2) is 0 Å². The van der Waals surface area contributed by atoms with E-state index in [1.165, 1.54) is 0 Å². The van der Waals surface area contributed by atoms with Gasteiger partial charge in [-0.1, -0.05) is 0 Å². The quantitative estimate of drug-likeness (QED) is 0.608. The molecule has 16 heavy (non-hydrogen) atoms. The number of anilines is 2. The third-order valence-corrected chi connectivity index (χ3v) is 3.54. The molecule has 1 aliphatic rings. The van der Waals surface area contributed by atoms with E-state index >= 15 is 0 Å². The van der Waals surface area contributed by atoms with Gasteiger partial charge in [-0.3, -0.25) is 4.79 Å². The van der Waals surface area contributed by atoms with Gasteiger partial charge in [0.25, 0.3) is 0 Å². The second-order valence-corrected chi connectivity index (χ2v) is 4.66. The van der Waals surface area contributed by atoms with Crippen molar-refractivity contribution >= 4 is 29.9 Å². The van der Waals surface area contributed by atoms with Crippen LogP contribution in [0.5, 0.6) is 0 Å². The molecule has 1 atom stereocenters. The predicted molar refractivity (Wildman–Crippen MR) is 69.9 cm³/mol. The third-order valence-electron chi connectivity index (χ3n) is 3.03. The number of amides is 1. The lowest BCUT2D eigenvalue weighted by Crippen LogP contribution is -2.24. The van der Waals surface area contributed by atoms with Gasteiger partial charge in [-0.05, 0) is 42.4 Å². The number of aryl methyl sites for hydroxylation is 1. The first kappa shape index (κ1) is 11.3. The van der Waals surface area contributed by atoms with Crippen molar-refractivity contribution in [1.29, 1.82) is 0 Å². The summed E-state index contributed by atoms with van der Waals surface area (Å²) in [6.07, 6.45) is 0.604. The van der Waals surface area contributed by atoms with Gasteiger partial charge in [0.15, 0.2) is 0 Å². The average Bonchev–Trinajstić information content (AvgIpc) is 2.64. The molecule has 4 heteroatoms. The van der Waals surface area contributed by atoms with Crippen LogP contribution < -0.4 is 10.6 Å². The molecule has 0 radical (unpaired) electrons. The van der Waals surface area contributed by atoms with Crippen LogP contribution in [0.15, 0.2) is 18.2 Å². The summed E-state index contributed by atoms with van der Waals surface area (Å²) in [6.45, 7) is 2.72. The van der Waals surface area contributed by atoms with E-state index in [2.05, 4.69) is 12.6 Å². The summed E-state index contributed by atoms with van der Waals surface area (Å²) in [5, 5.41) is 0. The molecule has 86 valence electrons. The molecule has 1 aromatic carbocycles. The topological polar surface area (TPSA) is 46.3 Å². The molecule has 0 aromatic heterocycles. The van der Waals surface area contributed by atoms with E-state index in [1.54, 1.807) is 0 Å². The summed E-state index contributed by atoms with van der Waals surface area (Å²) in [5.41, 5.74) is 8.48. The van der Waals surface area contributed by atoms with Crippen molar-refractivity contribution in [2.45, 2.75) is 13.3 Å². The van der Waals surface area contributed by atoms with Crippen LogP contribution >= 0.6 is 12.6 Å². The van der Waals surface area contributed by atoms with E-state index in [4.69, 9.17) is 5.73 Å². The fourth-order valence-electron chi connectivity index (χ4n) is 1.98. The van der Waals surface area contributed by atoms with Crippen LogP contribution in [0, 0.1) is 12.8 Å². The van der Waals surface area contributed by atoms with E-state index in [-0.39, 0.29) is 5.91 Å². The molecule has 2 N–H and O–H groups in total. The van der Waals surface area contributed by atoms with E-state index in [1.807, 2.05) is 30.0 Å². The maximum absolute atomic E-state index is 11.8. The summed E-state index contributed by atoms with van der Waals surface area (Å²) in [5.74, 6) is 1.31. The van der Waals surface area contributed by atoms with Crippen LogP contribution in [-0.4, -0.2) is 18.2 Å². The van der Waals surface area contributed by atoms with Crippen LogP contribution in [0.25, 0.3) is 0 Å². The highest BCUT2D eigenvalue weighted by Gasteiger charge is 2.29. The molecule has 2 rings (SSSR count). The lowest BCUT2D eigenvalue weighted by molar-refractivity contribution is -0.117. The van der Waals surface area contributed by atoms with Crippen molar-refractivity contribution in [2.75, 3.05) is 22.9 Å². The Hall–Kier alpha value is -1.16. The SMILES string of the molecule is Cc1cc(N2CC(CS)CC2=O)ccc1N. The lowest BCUT2D eigenvalue weighted by atomic mass is 10.1. The number of hydrogen-bond acceptors (Lipinski definition) is 3. The Bertz CT molecular complexity index is 419. The Morgan fingerprint density at radius 1 is 1.56 bits per heavy atom. The minimum Gasteiger partial charge on any atom is -0.399 e. The largest absolute Gasteiger partial charge is 0.399 e. The number of nitrogen functional groups attached to an aromatic ring is 1. The maximum Gasteiger partial charge on any atom is 0.227 e. The normalized spacial score (nSPS) is 20.5. The van der Waals surface area contributed by atoms with Crippen LogP contribution in [0.1, 0.15) is 12.0 Å². The standard InChI is InChI=1S/C12H16N2OS/c1-8-4-10(2-3-11(8)13)14-6-9(7-16)5-12(14)15/h2-4,9,16H,5-7,13H2,1H3. The first-order chi connectivity index (χ1) is 7.61. The van der Waals surface area contributed by atoms with Gasteiger partial charge in [0.05, 0.1) is 0 Å². The number of benzene rings is 1. The third kappa shape index (κ3) is 2.02. The monoisotopic (exact) mass is 236 g/mol. The Balaban J connectivity index is 2.24. The van der Waals surface area contributed by atoms with Crippen molar-refractivity contribution in [3.8, 4) is 0 Å². The molecule has 0 spiro atoms. The maximum atomic E-state index is 11.8. The number of nitrogens with zero attached hydrogens (tertiary/aromatic N) is 1. The highest BCUT2D eigenvalue weighted by atomic mass is 32.1. The van der Waals surface area contributed by atoms with E-state index in [0.29, 0.717) is 12.3 Å². The predicted octanol–water partition coefficient (Wildman–Crippen LogP) is 1.86. The molecule has 3 nitrogen and oxygen atoms in total. The number of rotatable bonds is 2. The van der Waals surface area contributed by atoms with E-state index in [0.717, 1.165) is 29.2 Å². The van der Waals surface area contributed by atoms with Crippen LogP contribution in [-0.2, 0) is 4.79 Å². The number of carbonyl (C=O) groups excluding carboxylic acids is 1. The first-order valence-electron chi connectivity index (χ1n) is 5.39. The summed E-state index contributed by atoms with van der Waals surface area (Å²) in [6, 6.07) is 5.72. The van der Waals surface area contributed by atoms with Gasteiger partial charge in [0, 0.05) is 24.3 Å². The minimum absolute atomic E-state index is 0.184. The Morgan fingerprint density at radius 2 is 2.31 bits per heavy atom. The fraction of sp³-hybridized carbons (Fsp3) is 0.417. The average molecular weight is 236 g/mol. The number of hydrogen-bond donors (Lipinski definition) is 2. The van der Waals surface area contributed by atoms with Crippen molar-refractivity contribution < 1.29 is 4.79 Å². The zero-order valence-corrected chi connectivity index (χ0v) is 10.2. The molecular formula is C12H16N2OS. The van der Waals surface area contributed by atoms with Gasteiger partial charge in [-0.15, -0.1) is 0 Å². The molecule has 1 fully saturated rings. The van der Waals surface area contributed by atoms with Crippen molar-refractivity contribution in [3.63, 3.8) is 0 Å². The van der Waals surface area contributed by atoms with Crippen LogP contribution in [0.4, 0.5) is 11.4 Å². The highest BCUT2D eigenvalue weighted by molar-refractivity contribution is 7.80. The smallest absolute Gasteiger partial charge is 0.227 e. The van der Waals surface area contributed by atoms with E-state index in [9.17, 15) is 4.79 Å². The molecule has 1 aromatic rings. The Labute approximate surface area is 101 Å². The summed E-state index contributed by atoms with van der Waals surface area (Å²) in [4.78, 5) is 13.6. The molecular weight excluding hydrogens is 220 g/mol. The number of carbonyl (C=O) groups is 1. The van der Waals surface area contributed by atoms with E-state index < -0.39 is 0 Å². The second kappa shape index (κ2) is 4.37. The highest BCUT2D eigenvalue weighted by Crippen LogP contribution is 2.27. The molecule has 1 amide bonds. The molecule has 0 saturated carbocycles. The van der Waals surface area contributed by atoms with Gasteiger partial charge >= 0.3 is 0 Å². The minimum atomic E-state index is 0.184. The Morgan fingerprint density at radius 3 is 2.88 bits per heavy atom. The van der Waals surface area contributed by atoms with Gasteiger partial charge in [0.1, 0.15) is 0 Å². The van der Waals surface area contributed by atoms with Crippen molar-refractivity contribution in [2.24, 2.45) is 5.92 Å². The van der Waals surface area contributed by atoms with Crippen LogP contribution in [0.2, 0.25) is 0 Å². The molecule has 1 saturated heterocycles. The molecule has 1 aliphatic heterocycles. The van der Waals surface area contributed by atoms with Gasteiger partial charge in [0.2, 0.25) is 5.91 Å². The van der Waals surface area contributed by atoms with Gasteiger partial charge < -0.3 is 10.6 Å². The zero-order chi connectivity index (χ0) is 11.7.